The summed E-state index contributed by atoms with van der Waals surface area (Å²) in [5.41, 5.74) is 1.45. The normalized spacial score (nSPS) is 20.9. The van der Waals surface area contributed by atoms with Gasteiger partial charge in [-0.15, -0.1) is 0 Å². The number of aliphatic hydroxyl groups is 1. The van der Waals surface area contributed by atoms with Crippen LogP contribution in [-0.2, 0) is 0 Å². The molecule has 0 bridgehead atoms. The van der Waals surface area contributed by atoms with E-state index in [1.165, 1.54) is 12.1 Å². The first-order valence-electron chi connectivity index (χ1n) is 6.45. The highest BCUT2D eigenvalue weighted by atomic mass is 19.1. The van der Waals surface area contributed by atoms with E-state index in [2.05, 4.69) is 0 Å². The summed E-state index contributed by atoms with van der Waals surface area (Å²) in [5.74, 6) is 0.935. The van der Waals surface area contributed by atoms with Crippen LogP contribution < -0.4 is 9.47 Å². The van der Waals surface area contributed by atoms with Gasteiger partial charge in [0.05, 0.1) is 13.2 Å². The molecule has 0 radical (unpaired) electrons. The highest BCUT2D eigenvalue weighted by molar-refractivity contribution is 5.44. The first-order valence-corrected chi connectivity index (χ1v) is 6.45. The molecule has 1 aliphatic heterocycles. The van der Waals surface area contributed by atoms with Gasteiger partial charge in [-0.2, -0.15) is 0 Å². The highest BCUT2D eigenvalue weighted by Gasteiger charge is 2.28. The first-order chi connectivity index (χ1) is 9.67. The second-order valence-electron chi connectivity index (χ2n) is 4.82. The molecule has 0 spiro atoms. The van der Waals surface area contributed by atoms with Crippen molar-refractivity contribution in [3.63, 3.8) is 0 Å². The predicted molar refractivity (Wildman–Crippen MR) is 72.3 cm³/mol. The lowest BCUT2D eigenvalue weighted by Crippen LogP contribution is -2.19. The maximum Gasteiger partial charge on any atom is 0.129 e. The molecule has 0 saturated heterocycles. The van der Waals surface area contributed by atoms with Crippen LogP contribution in [-0.4, -0.2) is 12.2 Å². The zero-order chi connectivity index (χ0) is 14.1. The summed E-state index contributed by atoms with van der Waals surface area (Å²) in [6.45, 7) is 0. The van der Waals surface area contributed by atoms with E-state index in [1.807, 2.05) is 0 Å². The van der Waals surface area contributed by atoms with Crippen molar-refractivity contribution in [2.45, 2.75) is 18.6 Å². The van der Waals surface area contributed by atoms with Gasteiger partial charge in [-0.3, -0.25) is 0 Å². The van der Waals surface area contributed by atoms with Crippen LogP contribution in [0.1, 0.15) is 29.8 Å². The summed E-state index contributed by atoms with van der Waals surface area (Å²) in [4.78, 5) is 0. The summed E-state index contributed by atoms with van der Waals surface area (Å²) < 4.78 is 24.3. The minimum atomic E-state index is -0.627. The highest BCUT2D eigenvalue weighted by Crippen LogP contribution is 2.42. The van der Waals surface area contributed by atoms with Gasteiger partial charge < -0.3 is 14.6 Å². The van der Waals surface area contributed by atoms with Crippen molar-refractivity contribution in [3.8, 4) is 11.5 Å². The molecule has 0 aromatic heterocycles. The van der Waals surface area contributed by atoms with Crippen molar-refractivity contribution in [1.29, 1.82) is 0 Å². The maximum atomic E-state index is 13.3. The Kier molecular flexibility index (Phi) is 3.32. The number of hydrogen-bond donors (Lipinski definition) is 1. The van der Waals surface area contributed by atoms with Crippen LogP contribution in [0.2, 0.25) is 0 Å². The summed E-state index contributed by atoms with van der Waals surface area (Å²) in [6, 6.07) is 11.6. The summed E-state index contributed by atoms with van der Waals surface area (Å²) in [7, 11) is 1.57. The summed E-state index contributed by atoms with van der Waals surface area (Å²) in [5, 5.41) is 10.2. The van der Waals surface area contributed by atoms with Gasteiger partial charge in [0.25, 0.3) is 0 Å². The molecule has 1 heterocycles. The molecule has 4 heteroatoms. The van der Waals surface area contributed by atoms with Gasteiger partial charge in [-0.25, -0.2) is 4.39 Å². The molecule has 1 N–H and O–H groups in total. The van der Waals surface area contributed by atoms with Gasteiger partial charge in [0.2, 0.25) is 0 Å². The maximum absolute atomic E-state index is 13.3. The van der Waals surface area contributed by atoms with Crippen molar-refractivity contribution < 1.29 is 19.0 Å². The van der Waals surface area contributed by atoms with Crippen LogP contribution in [0, 0.1) is 5.82 Å². The number of fused-ring (bicyclic) bond motifs is 1. The Morgan fingerprint density at radius 2 is 2.10 bits per heavy atom. The third-order valence-corrected chi connectivity index (χ3v) is 3.51. The van der Waals surface area contributed by atoms with Crippen LogP contribution >= 0.6 is 0 Å². The Labute approximate surface area is 116 Å². The number of methoxy groups -OCH3 is 1. The second-order valence-corrected chi connectivity index (χ2v) is 4.82. The largest absolute Gasteiger partial charge is 0.497 e. The van der Waals surface area contributed by atoms with Crippen LogP contribution in [0.3, 0.4) is 0 Å². The van der Waals surface area contributed by atoms with Crippen molar-refractivity contribution in [2.24, 2.45) is 0 Å². The van der Waals surface area contributed by atoms with E-state index in [9.17, 15) is 9.50 Å². The molecule has 2 aromatic rings. The molecular formula is C16H15FO3. The third kappa shape index (κ3) is 2.34. The lowest BCUT2D eigenvalue weighted by molar-refractivity contribution is 0.0653. The lowest BCUT2D eigenvalue weighted by atomic mass is 9.95. The SMILES string of the molecule is COc1ccc2c(c1)OC(c1cccc(F)c1)C[C@@H]2O. The zero-order valence-electron chi connectivity index (χ0n) is 11.0. The first kappa shape index (κ1) is 12.9. The predicted octanol–water partition coefficient (Wildman–Crippen LogP) is 3.39. The molecule has 3 rings (SSSR count). The van der Waals surface area contributed by atoms with Crippen LogP contribution in [0.25, 0.3) is 0 Å². The van der Waals surface area contributed by atoms with Crippen molar-refractivity contribution in [2.75, 3.05) is 7.11 Å². The Morgan fingerprint density at radius 3 is 2.85 bits per heavy atom. The van der Waals surface area contributed by atoms with Crippen LogP contribution in [0.15, 0.2) is 42.5 Å². The van der Waals surface area contributed by atoms with Gasteiger partial charge >= 0.3 is 0 Å². The lowest BCUT2D eigenvalue weighted by Gasteiger charge is -2.30. The molecule has 2 aromatic carbocycles. The Morgan fingerprint density at radius 1 is 1.25 bits per heavy atom. The molecule has 3 nitrogen and oxygen atoms in total. The van der Waals surface area contributed by atoms with Crippen LogP contribution in [0.4, 0.5) is 4.39 Å². The third-order valence-electron chi connectivity index (χ3n) is 3.51. The van der Waals surface area contributed by atoms with Gasteiger partial charge in [0, 0.05) is 18.1 Å². The molecule has 104 valence electrons. The second kappa shape index (κ2) is 5.13. The number of ether oxygens (including phenoxy) is 2. The van der Waals surface area contributed by atoms with E-state index in [-0.39, 0.29) is 11.9 Å². The summed E-state index contributed by atoms with van der Waals surface area (Å²) in [6.07, 6.45) is -0.582. The fraction of sp³-hybridized carbons (Fsp3) is 0.250. The summed E-state index contributed by atoms with van der Waals surface area (Å²) >= 11 is 0. The fourth-order valence-electron chi connectivity index (χ4n) is 2.46. The Balaban J connectivity index is 1.95. The fourth-order valence-corrected chi connectivity index (χ4v) is 2.46. The van der Waals surface area contributed by atoms with E-state index >= 15 is 0 Å². The number of rotatable bonds is 2. The van der Waals surface area contributed by atoms with E-state index in [1.54, 1.807) is 37.4 Å². The van der Waals surface area contributed by atoms with Crippen molar-refractivity contribution >= 4 is 0 Å². The van der Waals surface area contributed by atoms with Crippen LogP contribution in [0.5, 0.6) is 11.5 Å². The van der Waals surface area contributed by atoms with Crippen molar-refractivity contribution in [1.82, 2.24) is 0 Å². The zero-order valence-corrected chi connectivity index (χ0v) is 11.0. The number of halogens is 1. The minimum absolute atomic E-state index is 0.308. The molecule has 2 atom stereocenters. The molecule has 0 fully saturated rings. The average Bonchev–Trinajstić information content (AvgIpc) is 2.46. The Hall–Kier alpha value is -2.07. The quantitative estimate of drug-likeness (QED) is 0.912. The standard InChI is InChI=1S/C16H15FO3/c1-19-12-5-6-13-14(18)9-15(20-16(13)8-12)10-3-2-4-11(17)7-10/h2-8,14-15,18H,9H2,1H3/t14-,15?/m0/s1. The number of hydrogen-bond acceptors (Lipinski definition) is 3. The number of benzene rings is 2. The molecule has 1 aliphatic rings. The van der Waals surface area contributed by atoms with E-state index < -0.39 is 6.10 Å². The molecule has 0 saturated carbocycles. The van der Waals surface area contributed by atoms with E-state index in [0.717, 1.165) is 11.1 Å². The molecular weight excluding hydrogens is 259 g/mol. The van der Waals surface area contributed by atoms with E-state index in [0.29, 0.717) is 17.9 Å². The average molecular weight is 274 g/mol. The topological polar surface area (TPSA) is 38.7 Å². The van der Waals surface area contributed by atoms with Gasteiger partial charge in [0.1, 0.15) is 23.4 Å². The van der Waals surface area contributed by atoms with Gasteiger partial charge in [-0.1, -0.05) is 12.1 Å². The molecule has 1 unspecified atom stereocenters. The smallest absolute Gasteiger partial charge is 0.129 e. The monoisotopic (exact) mass is 274 g/mol. The Bertz CT molecular complexity index is 627. The molecule has 0 amide bonds. The molecule has 0 aliphatic carbocycles. The van der Waals surface area contributed by atoms with Crippen molar-refractivity contribution in [3.05, 3.63) is 59.4 Å². The molecule has 20 heavy (non-hydrogen) atoms. The minimum Gasteiger partial charge on any atom is -0.497 e. The van der Waals surface area contributed by atoms with Gasteiger partial charge in [0.15, 0.2) is 0 Å². The van der Waals surface area contributed by atoms with Gasteiger partial charge in [-0.05, 0) is 29.8 Å². The van der Waals surface area contributed by atoms with E-state index in [4.69, 9.17) is 9.47 Å². The number of aliphatic hydroxyl groups excluding tert-OH is 1.